The van der Waals surface area contributed by atoms with Crippen LogP contribution < -0.4 is 0 Å². The normalized spacial score (nSPS) is 17.6. The molecule has 1 aliphatic heterocycles. The van der Waals surface area contributed by atoms with Crippen molar-refractivity contribution < 1.29 is 4.74 Å². The molecule has 1 aromatic carbocycles. The van der Waals surface area contributed by atoms with Crippen LogP contribution in [0.15, 0.2) is 23.1 Å². The van der Waals surface area contributed by atoms with Gasteiger partial charge in [0.1, 0.15) is 0 Å². The summed E-state index contributed by atoms with van der Waals surface area (Å²) in [5.41, 5.74) is 2.80. The van der Waals surface area contributed by atoms with Gasteiger partial charge in [0.15, 0.2) is 0 Å². The summed E-state index contributed by atoms with van der Waals surface area (Å²) in [5, 5.41) is 0. The van der Waals surface area contributed by atoms with Crippen LogP contribution in [-0.2, 0) is 11.2 Å². The number of benzene rings is 1. The van der Waals surface area contributed by atoms with Crippen molar-refractivity contribution in [2.24, 2.45) is 0 Å². The first-order valence-corrected chi connectivity index (χ1v) is 6.08. The molecular weight excluding hydrogens is 192 g/mol. The average molecular weight is 208 g/mol. The molecule has 76 valence electrons. The molecule has 2 heteroatoms. The smallest absolute Gasteiger partial charge is 0.0793 e. The van der Waals surface area contributed by atoms with E-state index in [9.17, 15) is 0 Å². The molecule has 0 aromatic heterocycles. The van der Waals surface area contributed by atoms with E-state index in [0.717, 1.165) is 0 Å². The summed E-state index contributed by atoms with van der Waals surface area (Å²) in [7, 11) is 1.76. The van der Waals surface area contributed by atoms with Gasteiger partial charge in [-0.3, -0.25) is 0 Å². The second-order valence-corrected chi connectivity index (χ2v) is 4.83. The van der Waals surface area contributed by atoms with Gasteiger partial charge < -0.3 is 4.74 Å². The van der Waals surface area contributed by atoms with Crippen LogP contribution in [0.4, 0.5) is 0 Å². The van der Waals surface area contributed by atoms with Gasteiger partial charge in [0.2, 0.25) is 0 Å². The van der Waals surface area contributed by atoms with Crippen LogP contribution in [0.3, 0.4) is 0 Å². The molecule has 1 aromatic rings. The molecule has 0 saturated heterocycles. The third kappa shape index (κ3) is 1.96. The van der Waals surface area contributed by atoms with Gasteiger partial charge in [-0.25, -0.2) is 0 Å². The van der Waals surface area contributed by atoms with Crippen molar-refractivity contribution in [3.8, 4) is 0 Å². The molecule has 1 unspecified atom stereocenters. The monoisotopic (exact) mass is 208 g/mol. The van der Waals surface area contributed by atoms with E-state index in [0.29, 0.717) is 0 Å². The molecule has 1 nitrogen and oxygen atoms in total. The molecule has 0 radical (unpaired) electrons. The maximum Gasteiger partial charge on any atom is 0.0793 e. The Hall–Kier alpha value is -0.470. The number of methoxy groups -OCH3 is 1. The lowest BCUT2D eigenvalue weighted by molar-refractivity contribution is 0.119. The third-order valence-corrected chi connectivity index (χ3v) is 3.96. The Balaban J connectivity index is 2.29. The Morgan fingerprint density at radius 1 is 1.43 bits per heavy atom. The first-order valence-electron chi connectivity index (χ1n) is 5.09. The Morgan fingerprint density at radius 2 is 2.29 bits per heavy atom. The van der Waals surface area contributed by atoms with E-state index in [-0.39, 0.29) is 6.10 Å². The maximum absolute atomic E-state index is 5.32. The number of rotatable bonds is 2. The zero-order chi connectivity index (χ0) is 9.97. The van der Waals surface area contributed by atoms with Crippen molar-refractivity contribution in [1.29, 1.82) is 0 Å². The van der Waals surface area contributed by atoms with E-state index in [1.54, 1.807) is 7.11 Å². The van der Waals surface area contributed by atoms with Gasteiger partial charge in [-0.2, -0.15) is 0 Å². The molecular formula is C12H16OS. The highest BCUT2D eigenvalue weighted by molar-refractivity contribution is 7.99. The second-order valence-electron chi connectivity index (χ2n) is 3.70. The van der Waals surface area contributed by atoms with E-state index in [4.69, 9.17) is 4.74 Å². The SMILES string of the molecule is COC(C)c1ccc2c(c1)CCCS2. The van der Waals surface area contributed by atoms with Crippen molar-refractivity contribution in [1.82, 2.24) is 0 Å². The molecule has 0 spiro atoms. The van der Waals surface area contributed by atoms with Crippen LogP contribution in [0.5, 0.6) is 0 Å². The molecule has 0 N–H and O–H groups in total. The van der Waals surface area contributed by atoms with E-state index < -0.39 is 0 Å². The standard InChI is InChI=1S/C12H16OS/c1-9(13-2)10-5-6-12-11(8-10)4-3-7-14-12/h5-6,8-9H,3-4,7H2,1-2H3. The first kappa shape index (κ1) is 10.1. The molecule has 1 aliphatic rings. The van der Waals surface area contributed by atoms with Crippen LogP contribution in [0.25, 0.3) is 0 Å². The topological polar surface area (TPSA) is 9.23 Å². The summed E-state index contributed by atoms with van der Waals surface area (Å²) in [4.78, 5) is 1.46. The van der Waals surface area contributed by atoms with Gasteiger partial charge >= 0.3 is 0 Å². The van der Waals surface area contributed by atoms with Crippen LogP contribution in [0.1, 0.15) is 30.6 Å². The predicted molar refractivity (Wildman–Crippen MR) is 60.9 cm³/mol. The summed E-state index contributed by atoms with van der Waals surface area (Å²) in [6.07, 6.45) is 2.75. The number of hydrogen-bond donors (Lipinski definition) is 0. The minimum Gasteiger partial charge on any atom is -0.377 e. The Bertz CT molecular complexity index is 322. The van der Waals surface area contributed by atoms with Crippen molar-refractivity contribution >= 4 is 11.8 Å². The van der Waals surface area contributed by atoms with E-state index in [2.05, 4.69) is 25.1 Å². The summed E-state index contributed by atoms with van der Waals surface area (Å²) in [6, 6.07) is 6.73. The highest BCUT2D eigenvalue weighted by atomic mass is 32.2. The number of ether oxygens (including phenoxy) is 1. The Labute approximate surface area is 89.9 Å². The maximum atomic E-state index is 5.32. The van der Waals surface area contributed by atoms with E-state index in [1.165, 1.54) is 34.6 Å². The summed E-state index contributed by atoms with van der Waals surface area (Å²) >= 11 is 1.98. The third-order valence-electron chi connectivity index (χ3n) is 2.76. The van der Waals surface area contributed by atoms with Crippen molar-refractivity contribution in [3.63, 3.8) is 0 Å². The molecule has 0 amide bonds. The lowest BCUT2D eigenvalue weighted by Crippen LogP contribution is -2.02. The average Bonchev–Trinajstić information content (AvgIpc) is 2.27. The number of fused-ring (bicyclic) bond motifs is 1. The summed E-state index contributed by atoms with van der Waals surface area (Å²) in [5.74, 6) is 1.27. The number of aryl methyl sites for hydroxylation is 1. The van der Waals surface area contributed by atoms with E-state index >= 15 is 0 Å². The molecule has 0 fully saturated rings. The summed E-state index contributed by atoms with van der Waals surface area (Å²) in [6.45, 7) is 2.09. The van der Waals surface area contributed by atoms with Gasteiger partial charge in [0, 0.05) is 12.0 Å². The van der Waals surface area contributed by atoms with Crippen molar-refractivity contribution in [3.05, 3.63) is 29.3 Å². The minimum atomic E-state index is 0.215. The Morgan fingerprint density at radius 3 is 3.07 bits per heavy atom. The van der Waals surface area contributed by atoms with E-state index in [1.807, 2.05) is 11.8 Å². The Kier molecular flexibility index (Phi) is 3.14. The fourth-order valence-corrected chi connectivity index (χ4v) is 2.79. The van der Waals surface area contributed by atoms with Gasteiger partial charge in [-0.05, 0) is 42.7 Å². The zero-order valence-electron chi connectivity index (χ0n) is 8.75. The fraction of sp³-hybridized carbons (Fsp3) is 0.500. The lowest BCUT2D eigenvalue weighted by Gasteiger charge is -2.18. The van der Waals surface area contributed by atoms with Gasteiger partial charge in [0.05, 0.1) is 6.10 Å². The number of hydrogen-bond acceptors (Lipinski definition) is 2. The molecule has 0 saturated carbocycles. The lowest BCUT2D eigenvalue weighted by atomic mass is 10.0. The van der Waals surface area contributed by atoms with Crippen LogP contribution in [0.2, 0.25) is 0 Å². The van der Waals surface area contributed by atoms with Crippen molar-refractivity contribution in [2.75, 3.05) is 12.9 Å². The second kappa shape index (κ2) is 4.37. The van der Waals surface area contributed by atoms with Crippen LogP contribution in [-0.4, -0.2) is 12.9 Å². The molecule has 1 heterocycles. The predicted octanol–water partition coefficient (Wildman–Crippen LogP) is 3.43. The molecule has 2 rings (SSSR count). The van der Waals surface area contributed by atoms with Gasteiger partial charge in [-0.1, -0.05) is 12.1 Å². The molecule has 14 heavy (non-hydrogen) atoms. The quantitative estimate of drug-likeness (QED) is 0.736. The largest absolute Gasteiger partial charge is 0.377 e. The summed E-state index contributed by atoms with van der Waals surface area (Å²) < 4.78 is 5.32. The highest BCUT2D eigenvalue weighted by Gasteiger charge is 2.12. The van der Waals surface area contributed by atoms with Crippen LogP contribution >= 0.6 is 11.8 Å². The van der Waals surface area contributed by atoms with Gasteiger partial charge in [-0.15, -0.1) is 11.8 Å². The zero-order valence-corrected chi connectivity index (χ0v) is 9.56. The number of thioether (sulfide) groups is 1. The fourth-order valence-electron chi connectivity index (χ4n) is 1.77. The highest BCUT2D eigenvalue weighted by Crippen LogP contribution is 2.32. The molecule has 1 atom stereocenters. The minimum absolute atomic E-state index is 0.215. The van der Waals surface area contributed by atoms with Crippen molar-refractivity contribution in [2.45, 2.75) is 30.8 Å². The first-order chi connectivity index (χ1) is 6.81. The molecule has 0 aliphatic carbocycles. The van der Waals surface area contributed by atoms with Crippen LogP contribution in [0, 0.1) is 0 Å². The van der Waals surface area contributed by atoms with Gasteiger partial charge in [0.25, 0.3) is 0 Å². The molecule has 0 bridgehead atoms.